The third-order valence-electron chi connectivity index (χ3n) is 6.18. The van der Waals surface area contributed by atoms with Crippen molar-refractivity contribution in [1.29, 1.82) is 0 Å². The molecular formula is C19H17BrN2O3. The molecule has 1 saturated heterocycles. The molecule has 3 amide bonds. The standard InChI is InChI=1S/C19H17BrN2O3/c20-9-1-3-10(4-2-9)21-15(23)8-22-18(24)16-11-5-6-12(14-7-13(11)14)17(16)19(22)25/h1-6,11-14,16-17H,7-8H2,(H,21,23)/t11-,12-,13-,14+,16-,17+/m0/s1. The third kappa shape index (κ3) is 2.23. The fraction of sp³-hybridized carbons (Fsp3) is 0.421. The summed E-state index contributed by atoms with van der Waals surface area (Å²) in [6, 6.07) is 7.19. The summed E-state index contributed by atoms with van der Waals surface area (Å²) in [5.74, 6) is 0.379. The van der Waals surface area contributed by atoms with Gasteiger partial charge in [-0.2, -0.15) is 0 Å². The Hall–Kier alpha value is -1.95. The van der Waals surface area contributed by atoms with E-state index in [1.165, 1.54) is 4.90 Å². The first-order valence-corrected chi connectivity index (χ1v) is 9.43. The molecule has 6 heteroatoms. The number of carbonyl (C=O) groups excluding carboxylic acids is 3. The number of likely N-dealkylation sites (tertiary alicyclic amines) is 1. The van der Waals surface area contributed by atoms with Gasteiger partial charge in [0.25, 0.3) is 0 Å². The number of allylic oxidation sites excluding steroid dienone is 2. The first-order valence-electron chi connectivity index (χ1n) is 8.63. The van der Waals surface area contributed by atoms with Crippen LogP contribution in [0.4, 0.5) is 5.69 Å². The molecule has 3 fully saturated rings. The number of nitrogens with zero attached hydrogens (tertiary/aromatic N) is 1. The first kappa shape index (κ1) is 15.3. The lowest BCUT2D eigenvalue weighted by Gasteiger charge is -2.37. The average molecular weight is 401 g/mol. The smallest absolute Gasteiger partial charge is 0.244 e. The number of hydrogen-bond acceptors (Lipinski definition) is 3. The Balaban J connectivity index is 1.32. The van der Waals surface area contributed by atoms with Crippen molar-refractivity contribution in [3.8, 4) is 0 Å². The van der Waals surface area contributed by atoms with Gasteiger partial charge in [0.15, 0.2) is 0 Å². The van der Waals surface area contributed by atoms with Gasteiger partial charge < -0.3 is 5.32 Å². The summed E-state index contributed by atoms with van der Waals surface area (Å²) in [6.45, 7) is -0.199. The van der Waals surface area contributed by atoms with Crippen LogP contribution in [0.1, 0.15) is 6.42 Å². The number of anilines is 1. The number of carbonyl (C=O) groups is 3. The van der Waals surface area contributed by atoms with Crippen LogP contribution in [0, 0.1) is 35.5 Å². The Morgan fingerprint density at radius 3 is 2.16 bits per heavy atom. The Labute approximate surface area is 153 Å². The normalized spacial score (nSPS) is 37.1. The Bertz CT molecular complexity index is 782. The van der Waals surface area contributed by atoms with Crippen molar-refractivity contribution in [2.45, 2.75) is 6.42 Å². The fourth-order valence-corrected chi connectivity index (χ4v) is 5.32. The van der Waals surface area contributed by atoms with E-state index >= 15 is 0 Å². The predicted octanol–water partition coefficient (Wildman–Crippen LogP) is 2.44. The van der Waals surface area contributed by atoms with Crippen molar-refractivity contribution in [1.82, 2.24) is 4.90 Å². The summed E-state index contributed by atoms with van der Waals surface area (Å²) < 4.78 is 0.918. The molecule has 6 atom stereocenters. The summed E-state index contributed by atoms with van der Waals surface area (Å²) in [4.78, 5) is 39.1. The second-order valence-electron chi connectivity index (χ2n) is 7.47. The molecule has 1 aromatic carbocycles. The molecule has 5 nitrogen and oxygen atoms in total. The molecule has 1 aromatic rings. The number of nitrogens with one attached hydrogen (secondary N) is 1. The maximum atomic E-state index is 12.8. The summed E-state index contributed by atoms with van der Waals surface area (Å²) in [7, 11) is 0. The van der Waals surface area contributed by atoms with Gasteiger partial charge >= 0.3 is 0 Å². The molecule has 0 aromatic heterocycles. The monoisotopic (exact) mass is 400 g/mol. The number of amides is 3. The zero-order chi connectivity index (χ0) is 17.3. The molecule has 0 unspecified atom stereocenters. The SMILES string of the molecule is O=C(CN1C(=O)[C@@H]2[C@H]3C=C[C@@H]([C@@H]4C[C@H]34)[C@@H]2C1=O)Nc1ccc(Br)cc1. The molecule has 2 bridgehead atoms. The van der Waals surface area contributed by atoms with Gasteiger partial charge in [-0.15, -0.1) is 0 Å². The van der Waals surface area contributed by atoms with Gasteiger partial charge in [0.2, 0.25) is 17.7 Å². The second-order valence-corrected chi connectivity index (χ2v) is 8.39. The number of rotatable bonds is 3. The van der Waals surface area contributed by atoms with E-state index in [2.05, 4.69) is 33.4 Å². The van der Waals surface area contributed by atoms with E-state index in [0.29, 0.717) is 17.5 Å². The Morgan fingerprint density at radius 2 is 1.60 bits per heavy atom. The topological polar surface area (TPSA) is 66.5 Å². The maximum absolute atomic E-state index is 12.8. The van der Waals surface area contributed by atoms with E-state index in [1.54, 1.807) is 12.1 Å². The van der Waals surface area contributed by atoms with Gasteiger partial charge in [0.05, 0.1) is 11.8 Å². The summed E-state index contributed by atoms with van der Waals surface area (Å²) >= 11 is 3.34. The predicted molar refractivity (Wildman–Crippen MR) is 94.2 cm³/mol. The second kappa shape index (κ2) is 5.27. The molecule has 25 heavy (non-hydrogen) atoms. The highest BCUT2D eigenvalue weighted by Crippen LogP contribution is 2.65. The average Bonchev–Trinajstić information content (AvgIpc) is 3.38. The number of imide groups is 1. The zero-order valence-electron chi connectivity index (χ0n) is 13.4. The van der Waals surface area contributed by atoms with Crippen molar-refractivity contribution < 1.29 is 14.4 Å². The molecule has 2 saturated carbocycles. The van der Waals surface area contributed by atoms with Crippen LogP contribution in [0.3, 0.4) is 0 Å². The zero-order valence-corrected chi connectivity index (χ0v) is 15.0. The van der Waals surface area contributed by atoms with Gasteiger partial charge in [0, 0.05) is 10.2 Å². The molecule has 0 spiro atoms. The molecule has 128 valence electrons. The number of halogens is 1. The molecule has 5 aliphatic rings. The largest absolute Gasteiger partial charge is 0.325 e. The van der Waals surface area contributed by atoms with Gasteiger partial charge in [-0.25, -0.2) is 0 Å². The molecule has 1 aliphatic heterocycles. The van der Waals surface area contributed by atoms with Crippen LogP contribution in [0.25, 0.3) is 0 Å². The van der Waals surface area contributed by atoms with E-state index in [9.17, 15) is 14.4 Å². The molecule has 1 heterocycles. The number of benzene rings is 1. The summed E-state index contributed by atoms with van der Waals surface area (Å²) in [5, 5.41) is 2.75. The lowest BCUT2D eigenvalue weighted by Crippen LogP contribution is -2.40. The van der Waals surface area contributed by atoms with Crippen LogP contribution in [0.15, 0.2) is 40.9 Å². The molecule has 6 rings (SSSR count). The third-order valence-corrected chi connectivity index (χ3v) is 6.71. The van der Waals surface area contributed by atoms with Crippen molar-refractivity contribution in [3.05, 3.63) is 40.9 Å². The first-order chi connectivity index (χ1) is 12.0. The molecular weight excluding hydrogens is 384 g/mol. The molecule has 4 aliphatic carbocycles. The fourth-order valence-electron chi connectivity index (χ4n) is 5.05. The van der Waals surface area contributed by atoms with Crippen LogP contribution >= 0.6 is 15.9 Å². The van der Waals surface area contributed by atoms with Crippen molar-refractivity contribution >= 4 is 39.3 Å². The maximum Gasteiger partial charge on any atom is 0.244 e. The summed E-state index contributed by atoms with van der Waals surface area (Å²) in [5.41, 5.74) is 0.646. The van der Waals surface area contributed by atoms with Gasteiger partial charge in [-0.05, 0) is 54.4 Å². The van der Waals surface area contributed by atoms with Crippen LogP contribution in [0.2, 0.25) is 0 Å². The van der Waals surface area contributed by atoms with Crippen molar-refractivity contribution in [2.24, 2.45) is 35.5 Å². The minimum atomic E-state index is -0.340. The van der Waals surface area contributed by atoms with E-state index < -0.39 is 0 Å². The van der Waals surface area contributed by atoms with Crippen LogP contribution in [0.5, 0.6) is 0 Å². The highest BCUT2D eigenvalue weighted by molar-refractivity contribution is 9.10. The highest BCUT2D eigenvalue weighted by atomic mass is 79.9. The summed E-state index contributed by atoms with van der Waals surface area (Å²) in [6.07, 6.45) is 5.41. The van der Waals surface area contributed by atoms with Crippen molar-refractivity contribution in [2.75, 3.05) is 11.9 Å². The number of hydrogen-bond donors (Lipinski definition) is 1. The van der Waals surface area contributed by atoms with Gasteiger partial charge in [-0.1, -0.05) is 28.1 Å². The van der Waals surface area contributed by atoms with Gasteiger partial charge in [0.1, 0.15) is 6.54 Å². The quantitative estimate of drug-likeness (QED) is 0.625. The minimum absolute atomic E-state index is 0.161. The van der Waals surface area contributed by atoms with E-state index in [0.717, 1.165) is 10.9 Å². The Morgan fingerprint density at radius 1 is 1.04 bits per heavy atom. The molecule has 1 N–H and O–H groups in total. The highest BCUT2D eigenvalue weighted by Gasteiger charge is 2.67. The van der Waals surface area contributed by atoms with Gasteiger partial charge in [-0.3, -0.25) is 19.3 Å². The Kier molecular flexibility index (Phi) is 3.23. The van der Waals surface area contributed by atoms with Crippen LogP contribution in [-0.4, -0.2) is 29.2 Å². The van der Waals surface area contributed by atoms with E-state index in [-0.39, 0.29) is 47.9 Å². The minimum Gasteiger partial charge on any atom is -0.325 e. The van der Waals surface area contributed by atoms with E-state index in [1.807, 2.05) is 12.1 Å². The van der Waals surface area contributed by atoms with E-state index in [4.69, 9.17) is 0 Å². The molecule has 0 radical (unpaired) electrons. The van der Waals surface area contributed by atoms with Crippen LogP contribution in [-0.2, 0) is 14.4 Å². The van der Waals surface area contributed by atoms with Crippen LogP contribution < -0.4 is 5.32 Å². The lowest BCUT2D eigenvalue weighted by atomic mass is 9.63. The lowest BCUT2D eigenvalue weighted by molar-refractivity contribution is -0.142. The van der Waals surface area contributed by atoms with Crippen molar-refractivity contribution in [3.63, 3.8) is 0 Å².